The number of nitrogens with zero attached hydrogens (tertiary/aromatic N) is 2. The minimum atomic E-state index is -0.0270. The molecule has 0 saturated carbocycles. The van der Waals surface area contributed by atoms with E-state index >= 15 is 0 Å². The number of rotatable bonds is 3. The molecule has 0 spiro atoms. The minimum absolute atomic E-state index is 0.0270. The van der Waals surface area contributed by atoms with Crippen LogP contribution in [0.3, 0.4) is 0 Å². The third-order valence-electron chi connectivity index (χ3n) is 3.69. The molecular weight excluding hydrogens is 274 g/mol. The van der Waals surface area contributed by atoms with E-state index in [9.17, 15) is 4.79 Å². The number of pyridine rings is 1. The van der Waals surface area contributed by atoms with E-state index in [4.69, 9.17) is 0 Å². The van der Waals surface area contributed by atoms with Gasteiger partial charge in [0, 0.05) is 25.2 Å². The van der Waals surface area contributed by atoms with Gasteiger partial charge in [-0.25, -0.2) is 4.98 Å². The summed E-state index contributed by atoms with van der Waals surface area (Å²) in [7, 11) is 0. The fraction of sp³-hybridized carbons (Fsp3) is 0.222. The van der Waals surface area contributed by atoms with Gasteiger partial charge in [-0.05, 0) is 31.5 Å². The fourth-order valence-corrected chi connectivity index (χ4v) is 2.68. The summed E-state index contributed by atoms with van der Waals surface area (Å²) in [6.45, 7) is 6.16. The molecule has 1 amide bonds. The lowest BCUT2D eigenvalue weighted by atomic mass is 10.1. The van der Waals surface area contributed by atoms with E-state index in [-0.39, 0.29) is 5.91 Å². The molecule has 0 aliphatic rings. The summed E-state index contributed by atoms with van der Waals surface area (Å²) < 4.78 is 2.10. The van der Waals surface area contributed by atoms with E-state index in [0.29, 0.717) is 6.54 Å². The Morgan fingerprint density at radius 1 is 1.23 bits per heavy atom. The zero-order valence-corrected chi connectivity index (χ0v) is 13.1. The Kier molecular flexibility index (Phi) is 3.67. The van der Waals surface area contributed by atoms with Gasteiger partial charge in [-0.1, -0.05) is 29.8 Å². The lowest BCUT2D eigenvalue weighted by Gasteiger charge is -2.07. The predicted molar refractivity (Wildman–Crippen MR) is 87.6 cm³/mol. The lowest BCUT2D eigenvalue weighted by molar-refractivity contribution is -0.119. The maximum atomic E-state index is 11.1. The molecule has 1 aromatic carbocycles. The third kappa shape index (κ3) is 2.72. The van der Waals surface area contributed by atoms with Crippen molar-refractivity contribution in [1.82, 2.24) is 14.7 Å². The van der Waals surface area contributed by atoms with Crippen LogP contribution in [0.4, 0.5) is 0 Å². The highest BCUT2D eigenvalue weighted by Gasteiger charge is 2.11. The molecule has 2 aromatic heterocycles. The first-order valence-electron chi connectivity index (χ1n) is 7.33. The quantitative estimate of drug-likeness (QED) is 0.805. The molecule has 0 radical (unpaired) electrons. The Bertz CT molecular complexity index is 849. The second-order valence-electron chi connectivity index (χ2n) is 5.59. The first-order chi connectivity index (χ1) is 10.5. The van der Waals surface area contributed by atoms with Crippen LogP contribution in [0.15, 0.2) is 42.6 Å². The lowest BCUT2D eigenvalue weighted by Crippen LogP contribution is -2.19. The van der Waals surface area contributed by atoms with Gasteiger partial charge in [0.2, 0.25) is 5.91 Å². The summed E-state index contributed by atoms with van der Waals surface area (Å²) in [5, 5.41) is 2.83. The molecule has 0 atom stereocenters. The van der Waals surface area contributed by atoms with Crippen molar-refractivity contribution in [2.45, 2.75) is 27.3 Å². The van der Waals surface area contributed by atoms with Gasteiger partial charge in [0.05, 0.1) is 11.4 Å². The Labute approximate surface area is 129 Å². The molecule has 3 aromatic rings. The fourth-order valence-electron chi connectivity index (χ4n) is 2.68. The number of benzene rings is 1. The second-order valence-corrected chi connectivity index (χ2v) is 5.59. The monoisotopic (exact) mass is 293 g/mol. The average molecular weight is 293 g/mol. The van der Waals surface area contributed by atoms with Gasteiger partial charge in [0.25, 0.3) is 0 Å². The Balaban J connectivity index is 2.10. The summed E-state index contributed by atoms with van der Waals surface area (Å²) >= 11 is 0. The van der Waals surface area contributed by atoms with Crippen LogP contribution in [0.2, 0.25) is 0 Å². The number of amides is 1. The van der Waals surface area contributed by atoms with Gasteiger partial charge in [-0.2, -0.15) is 0 Å². The molecule has 112 valence electrons. The summed E-state index contributed by atoms with van der Waals surface area (Å²) in [5.41, 5.74) is 6.45. The maximum Gasteiger partial charge on any atom is 0.217 e. The van der Waals surface area contributed by atoms with Crippen molar-refractivity contribution in [2.24, 2.45) is 0 Å². The Morgan fingerprint density at radius 2 is 2.05 bits per heavy atom. The molecular formula is C18H19N3O. The molecule has 0 unspecified atom stereocenters. The number of fused-ring (bicyclic) bond motifs is 1. The first kappa shape index (κ1) is 14.3. The second kappa shape index (κ2) is 5.64. The zero-order valence-electron chi connectivity index (χ0n) is 13.1. The number of nitrogens with one attached hydrogen (secondary N) is 1. The molecule has 2 heterocycles. The molecule has 3 rings (SSSR count). The number of imidazole rings is 1. The van der Waals surface area contributed by atoms with Crippen molar-refractivity contribution in [1.29, 1.82) is 0 Å². The highest BCUT2D eigenvalue weighted by atomic mass is 16.1. The summed E-state index contributed by atoms with van der Waals surface area (Å²) in [6.07, 6.45) is 2.04. The smallest absolute Gasteiger partial charge is 0.217 e. The van der Waals surface area contributed by atoms with Crippen molar-refractivity contribution in [3.63, 3.8) is 0 Å². The van der Waals surface area contributed by atoms with Crippen LogP contribution in [0.5, 0.6) is 0 Å². The van der Waals surface area contributed by atoms with E-state index in [2.05, 4.69) is 45.9 Å². The summed E-state index contributed by atoms with van der Waals surface area (Å²) in [5.74, 6) is -0.0270. The molecule has 0 aliphatic heterocycles. The van der Waals surface area contributed by atoms with Crippen LogP contribution >= 0.6 is 0 Å². The Morgan fingerprint density at radius 3 is 2.77 bits per heavy atom. The number of hydrogen-bond donors (Lipinski definition) is 1. The standard InChI is InChI=1S/C18H19N3O/c1-12-5-4-6-16(9-12)18-13(2)20-17-8-7-15(11-21(17)18)10-19-14(3)22/h4-9,11H,10H2,1-3H3,(H,19,22). The van der Waals surface area contributed by atoms with Gasteiger partial charge in [-0.3, -0.25) is 9.20 Å². The Hall–Kier alpha value is -2.62. The van der Waals surface area contributed by atoms with E-state index in [1.54, 1.807) is 0 Å². The first-order valence-corrected chi connectivity index (χ1v) is 7.33. The molecule has 22 heavy (non-hydrogen) atoms. The van der Waals surface area contributed by atoms with Crippen LogP contribution in [0, 0.1) is 13.8 Å². The zero-order chi connectivity index (χ0) is 15.7. The van der Waals surface area contributed by atoms with Crippen LogP contribution in [0.1, 0.15) is 23.7 Å². The van der Waals surface area contributed by atoms with Crippen LogP contribution in [0.25, 0.3) is 16.9 Å². The molecule has 4 nitrogen and oxygen atoms in total. The van der Waals surface area contributed by atoms with Crippen LogP contribution in [-0.2, 0) is 11.3 Å². The van der Waals surface area contributed by atoms with Crippen LogP contribution < -0.4 is 5.32 Å². The minimum Gasteiger partial charge on any atom is -0.352 e. The van der Waals surface area contributed by atoms with Crippen LogP contribution in [-0.4, -0.2) is 15.3 Å². The predicted octanol–water partition coefficient (Wildman–Crippen LogP) is 3.25. The van der Waals surface area contributed by atoms with Gasteiger partial charge >= 0.3 is 0 Å². The molecule has 0 bridgehead atoms. The molecule has 0 aliphatic carbocycles. The third-order valence-corrected chi connectivity index (χ3v) is 3.69. The summed E-state index contributed by atoms with van der Waals surface area (Å²) in [4.78, 5) is 15.7. The normalized spacial score (nSPS) is 10.9. The van der Waals surface area contributed by atoms with Crippen molar-refractivity contribution in [3.05, 3.63) is 59.4 Å². The summed E-state index contributed by atoms with van der Waals surface area (Å²) in [6, 6.07) is 12.4. The van der Waals surface area contributed by atoms with E-state index < -0.39 is 0 Å². The van der Waals surface area contributed by atoms with Gasteiger partial charge in [0.1, 0.15) is 5.65 Å². The van der Waals surface area contributed by atoms with E-state index in [1.165, 1.54) is 12.5 Å². The highest BCUT2D eigenvalue weighted by molar-refractivity contribution is 5.73. The van der Waals surface area contributed by atoms with E-state index in [1.807, 2.05) is 25.3 Å². The van der Waals surface area contributed by atoms with Gasteiger partial charge in [0.15, 0.2) is 0 Å². The molecule has 1 N–H and O–H groups in total. The number of aryl methyl sites for hydroxylation is 2. The van der Waals surface area contributed by atoms with Crippen molar-refractivity contribution in [3.8, 4) is 11.3 Å². The number of hydrogen-bond acceptors (Lipinski definition) is 2. The molecule has 0 saturated heterocycles. The van der Waals surface area contributed by atoms with Gasteiger partial charge < -0.3 is 5.32 Å². The van der Waals surface area contributed by atoms with Crippen molar-refractivity contribution < 1.29 is 4.79 Å². The SMILES string of the molecule is CC(=O)NCc1ccc2nc(C)c(-c3cccc(C)c3)n2c1. The maximum absolute atomic E-state index is 11.1. The molecule has 4 heteroatoms. The number of aromatic nitrogens is 2. The van der Waals surface area contributed by atoms with E-state index in [0.717, 1.165) is 28.2 Å². The largest absolute Gasteiger partial charge is 0.352 e. The van der Waals surface area contributed by atoms with Crippen molar-refractivity contribution in [2.75, 3.05) is 0 Å². The van der Waals surface area contributed by atoms with Crippen molar-refractivity contribution >= 4 is 11.6 Å². The topological polar surface area (TPSA) is 46.4 Å². The molecule has 0 fully saturated rings. The van der Waals surface area contributed by atoms with Gasteiger partial charge in [-0.15, -0.1) is 0 Å². The number of carbonyl (C=O) groups is 1. The average Bonchev–Trinajstić information content (AvgIpc) is 2.80. The highest BCUT2D eigenvalue weighted by Crippen LogP contribution is 2.25. The number of carbonyl (C=O) groups excluding carboxylic acids is 1.